The Morgan fingerprint density at radius 3 is 1.83 bits per heavy atom. The Balaban J connectivity index is 1.56. The number of rotatable bonds is 3. The number of benzene rings is 1. The molecule has 24 heavy (non-hydrogen) atoms. The summed E-state index contributed by atoms with van der Waals surface area (Å²) in [7, 11) is 0. The van der Waals surface area contributed by atoms with Gasteiger partial charge < -0.3 is 0 Å². The van der Waals surface area contributed by atoms with Crippen molar-refractivity contribution in [1.29, 1.82) is 0 Å². The van der Waals surface area contributed by atoms with Crippen LogP contribution < -0.4 is 0 Å². The van der Waals surface area contributed by atoms with Crippen molar-refractivity contribution in [3.05, 3.63) is 33.9 Å². The molecule has 1 aromatic rings. The van der Waals surface area contributed by atoms with E-state index in [1.807, 2.05) is 0 Å². The van der Waals surface area contributed by atoms with Gasteiger partial charge in [0, 0.05) is 0 Å². The second kappa shape index (κ2) is 7.63. The highest BCUT2D eigenvalue weighted by Crippen LogP contribution is 2.42. The normalized spacial score (nSPS) is 31.2. The lowest BCUT2D eigenvalue weighted by Crippen LogP contribution is -2.26. The number of hydrogen-bond acceptors (Lipinski definition) is 0. The molecule has 0 unspecified atom stereocenters. The molecule has 0 bridgehead atoms. The van der Waals surface area contributed by atoms with E-state index in [4.69, 9.17) is 0 Å². The largest absolute Gasteiger partial charge is 0.0625 e. The van der Waals surface area contributed by atoms with E-state index < -0.39 is 0 Å². The molecule has 0 heterocycles. The Bertz CT molecular complexity index is 552. The molecule has 2 saturated carbocycles. The van der Waals surface area contributed by atoms with E-state index in [0.29, 0.717) is 0 Å². The van der Waals surface area contributed by atoms with Gasteiger partial charge in [-0.15, -0.1) is 0 Å². The summed E-state index contributed by atoms with van der Waals surface area (Å²) in [6, 6.07) is 2.48. The predicted octanol–water partition coefficient (Wildman–Crippen LogP) is 7.10. The summed E-state index contributed by atoms with van der Waals surface area (Å²) in [6.07, 6.45) is 13.3. The van der Waals surface area contributed by atoms with Gasteiger partial charge >= 0.3 is 0 Å². The molecule has 0 atom stereocenters. The lowest BCUT2D eigenvalue weighted by atomic mass is 9.68. The van der Waals surface area contributed by atoms with E-state index in [2.05, 4.69) is 40.7 Å². The Hall–Kier alpha value is -0.780. The van der Waals surface area contributed by atoms with Crippen LogP contribution in [0.1, 0.15) is 86.1 Å². The molecular formula is C24H38. The molecule has 0 saturated heterocycles. The van der Waals surface area contributed by atoms with E-state index in [1.165, 1.54) is 74.5 Å². The van der Waals surface area contributed by atoms with Gasteiger partial charge in [0.1, 0.15) is 0 Å². The van der Waals surface area contributed by atoms with Crippen LogP contribution in [-0.2, 0) is 6.42 Å². The molecule has 1 aromatic carbocycles. The van der Waals surface area contributed by atoms with E-state index in [-0.39, 0.29) is 0 Å². The van der Waals surface area contributed by atoms with Crippen molar-refractivity contribution in [3.8, 4) is 0 Å². The molecule has 0 amide bonds. The summed E-state index contributed by atoms with van der Waals surface area (Å²) >= 11 is 0. The average molecular weight is 327 g/mol. The van der Waals surface area contributed by atoms with Gasteiger partial charge in [0.15, 0.2) is 0 Å². The molecule has 0 nitrogen and oxygen atoms in total. The van der Waals surface area contributed by atoms with Crippen LogP contribution in [0.3, 0.4) is 0 Å². The first-order valence-electron chi connectivity index (χ1n) is 10.5. The molecule has 134 valence electrons. The van der Waals surface area contributed by atoms with Gasteiger partial charge in [0.05, 0.1) is 0 Å². The van der Waals surface area contributed by atoms with Gasteiger partial charge in [-0.1, -0.05) is 25.8 Å². The van der Waals surface area contributed by atoms with Crippen LogP contribution in [0.4, 0.5) is 0 Å². The van der Waals surface area contributed by atoms with Crippen molar-refractivity contribution in [2.45, 2.75) is 92.4 Å². The maximum absolute atomic E-state index is 2.48. The fraction of sp³-hybridized carbons (Fsp3) is 0.750. The van der Waals surface area contributed by atoms with Crippen molar-refractivity contribution < 1.29 is 0 Å². The zero-order chi connectivity index (χ0) is 17.3. The van der Waals surface area contributed by atoms with Gasteiger partial charge in [-0.25, -0.2) is 0 Å². The van der Waals surface area contributed by atoms with E-state index in [9.17, 15) is 0 Å². The van der Waals surface area contributed by atoms with E-state index in [0.717, 1.165) is 23.7 Å². The van der Waals surface area contributed by atoms with Gasteiger partial charge in [0.2, 0.25) is 0 Å². The Kier molecular flexibility index (Phi) is 5.73. The molecule has 2 aliphatic carbocycles. The highest BCUT2D eigenvalue weighted by molar-refractivity contribution is 5.43. The zero-order valence-corrected chi connectivity index (χ0v) is 16.8. The molecular weight excluding hydrogens is 288 g/mol. The minimum atomic E-state index is 0.934. The van der Waals surface area contributed by atoms with Crippen LogP contribution in [0.25, 0.3) is 0 Å². The van der Waals surface area contributed by atoms with Gasteiger partial charge in [0.25, 0.3) is 0 Å². The van der Waals surface area contributed by atoms with E-state index >= 15 is 0 Å². The summed E-state index contributed by atoms with van der Waals surface area (Å²) in [4.78, 5) is 0. The first-order valence-corrected chi connectivity index (χ1v) is 10.5. The van der Waals surface area contributed by atoms with Gasteiger partial charge in [-0.3, -0.25) is 0 Å². The second-order valence-corrected chi connectivity index (χ2v) is 9.23. The minimum Gasteiger partial charge on any atom is -0.0625 e. The van der Waals surface area contributed by atoms with E-state index in [1.54, 1.807) is 11.1 Å². The third-order valence-electron chi connectivity index (χ3n) is 7.72. The Labute approximate surface area is 150 Å². The summed E-state index contributed by atoms with van der Waals surface area (Å²) in [5.41, 5.74) is 7.69. The van der Waals surface area contributed by atoms with Crippen LogP contribution >= 0.6 is 0 Å². The molecule has 0 heteroatoms. The molecule has 0 N–H and O–H groups in total. The van der Waals surface area contributed by atoms with Crippen molar-refractivity contribution in [2.75, 3.05) is 0 Å². The monoisotopic (exact) mass is 326 g/mol. The summed E-state index contributed by atoms with van der Waals surface area (Å²) in [6.45, 7) is 11.7. The van der Waals surface area contributed by atoms with Crippen molar-refractivity contribution in [1.82, 2.24) is 0 Å². The maximum atomic E-state index is 2.48. The van der Waals surface area contributed by atoms with Crippen LogP contribution in [-0.4, -0.2) is 0 Å². The highest BCUT2D eigenvalue weighted by atomic mass is 14.4. The molecule has 0 aliphatic heterocycles. The average Bonchev–Trinajstić information content (AvgIpc) is 2.59. The fourth-order valence-electron chi connectivity index (χ4n) is 5.44. The SMILES string of the molecule is Cc1cc(CC2CCC(C3CCC(C)CC3)CC2)c(C)c(C)c1C. The third kappa shape index (κ3) is 3.89. The molecule has 3 rings (SSSR count). The maximum Gasteiger partial charge on any atom is -0.0248 e. The van der Waals surface area contributed by atoms with Crippen LogP contribution in [0, 0.1) is 51.4 Å². The minimum absolute atomic E-state index is 0.934. The summed E-state index contributed by atoms with van der Waals surface area (Å²) < 4.78 is 0. The summed E-state index contributed by atoms with van der Waals surface area (Å²) in [5.74, 6) is 4.04. The lowest BCUT2D eigenvalue weighted by Gasteiger charge is -2.37. The van der Waals surface area contributed by atoms with Gasteiger partial charge in [-0.2, -0.15) is 0 Å². The van der Waals surface area contributed by atoms with Gasteiger partial charge in [-0.05, 0) is 124 Å². The van der Waals surface area contributed by atoms with Crippen molar-refractivity contribution >= 4 is 0 Å². The first-order chi connectivity index (χ1) is 11.5. The first kappa shape index (κ1) is 18.0. The van der Waals surface area contributed by atoms with Crippen LogP contribution in [0.15, 0.2) is 6.07 Å². The van der Waals surface area contributed by atoms with Crippen LogP contribution in [0.5, 0.6) is 0 Å². The third-order valence-corrected chi connectivity index (χ3v) is 7.72. The number of hydrogen-bond donors (Lipinski definition) is 0. The zero-order valence-electron chi connectivity index (χ0n) is 16.8. The Morgan fingerprint density at radius 1 is 0.708 bits per heavy atom. The second-order valence-electron chi connectivity index (χ2n) is 9.23. The fourth-order valence-corrected chi connectivity index (χ4v) is 5.44. The quantitative estimate of drug-likeness (QED) is 0.556. The van der Waals surface area contributed by atoms with Crippen molar-refractivity contribution in [3.63, 3.8) is 0 Å². The molecule has 0 radical (unpaired) electrons. The number of aryl methyl sites for hydroxylation is 1. The Morgan fingerprint density at radius 2 is 1.25 bits per heavy atom. The smallest absolute Gasteiger partial charge is 0.0248 e. The predicted molar refractivity (Wildman–Crippen MR) is 106 cm³/mol. The molecule has 2 aliphatic rings. The summed E-state index contributed by atoms with van der Waals surface area (Å²) in [5, 5.41) is 0. The topological polar surface area (TPSA) is 0 Å². The standard InChI is InChI=1S/C24H38/c1-16-6-10-22(11-7-16)23-12-8-21(9-13-23)15-24-14-17(2)18(3)19(4)20(24)5/h14,16,21-23H,6-13,15H2,1-5H3. The lowest BCUT2D eigenvalue weighted by molar-refractivity contribution is 0.150. The molecule has 0 spiro atoms. The van der Waals surface area contributed by atoms with Crippen molar-refractivity contribution in [2.24, 2.45) is 23.7 Å². The highest BCUT2D eigenvalue weighted by Gasteiger charge is 2.30. The molecule has 2 fully saturated rings. The molecule has 0 aromatic heterocycles. The van der Waals surface area contributed by atoms with Crippen LogP contribution in [0.2, 0.25) is 0 Å².